The maximum Gasteiger partial charge on any atom is 1.00 e. The molecule has 1 aromatic rings. The predicted molar refractivity (Wildman–Crippen MR) is 50.8 cm³/mol. The van der Waals surface area contributed by atoms with E-state index in [1.165, 1.54) is 5.06 Å². The fraction of sp³-hybridized carbons (Fsp3) is 0.125. The number of halogens is 1. The molecule has 1 aliphatic heterocycles. The Labute approximate surface area is 78.2 Å². The number of anilines is 1. The van der Waals surface area contributed by atoms with Crippen molar-refractivity contribution < 1.29 is 6.63 Å². The molecule has 0 amide bonds. The van der Waals surface area contributed by atoms with Gasteiger partial charge in [0.1, 0.15) is 0 Å². The summed E-state index contributed by atoms with van der Waals surface area (Å²) in [6.07, 6.45) is 5.49. The Kier molecular flexibility index (Phi) is 2.68. The monoisotopic (exact) mass is 185 g/mol. The summed E-state index contributed by atoms with van der Waals surface area (Å²) < 4.78 is 0. The Balaban J connectivity index is 0.000000720. The molecule has 0 unspecified atom stereocenters. The molecule has 0 aliphatic carbocycles. The molecule has 0 aromatic carbocycles. The largest absolute Gasteiger partial charge is 1.00 e. The van der Waals surface area contributed by atoms with E-state index in [1.807, 2.05) is 18.2 Å². The SMILES string of the molecule is Cl.ON1CC=Cc2ncccc21.[H+]. The van der Waals surface area contributed by atoms with E-state index in [4.69, 9.17) is 0 Å². The Hall–Kier alpha value is -1.06. The highest BCUT2D eigenvalue weighted by Gasteiger charge is 2.09. The van der Waals surface area contributed by atoms with Crippen molar-refractivity contribution >= 4 is 24.2 Å². The minimum absolute atomic E-state index is 0. The molecule has 0 fully saturated rings. The van der Waals surface area contributed by atoms with Crippen molar-refractivity contribution in [1.29, 1.82) is 0 Å². The zero-order chi connectivity index (χ0) is 7.68. The highest BCUT2D eigenvalue weighted by Crippen LogP contribution is 2.20. The third kappa shape index (κ3) is 1.42. The quantitative estimate of drug-likeness (QED) is 0.670. The van der Waals surface area contributed by atoms with Gasteiger partial charge in [0.2, 0.25) is 0 Å². The molecule has 0 bridgehead atoms. The summed E-state index contributed by atoms with van der Waals surface area (Å²) in [5.74, 6) is 0. The highest BCUT2D eigenvalue weighted by atomic mass is 35.5. The van der Waals surface area contributed by atoms with Gasteiger partial charge in [-0.25, -0.2) is 0 Å². The molecule has 0 spiro atoms. The molecule has 1 aromatic heterocycles. The van der Waals surface area contributed by atoms with Crippen molar-refractivity contribution in [2.24, 2.45) is 0 Å². The van der Waals surface area contributed by atoms with Gasteiger partial charge in [0.25, 0.3) is 0 Å². The van der Waals surface area contributed by atoms with Crippen molar-refractivity contribution in [3.8, 4) is 0 Å². The number of aromatic nitrogens is 1. The van der Waals surface area contributed by atoms with Crippen LogP contribution in [0.15, 0.2) is 24.4 Å². The number of rotatable bonds is 0. The number of hydroxylamine groups is 1. The molecule has 2 heterocycles. The molecule has 0 saturated carbocycles. The first kappa shape index (κ1) is 9.03. The fourth-order valence-corrected chi connectivity index (χ4v) is 1.12. The molecule has 0 radical (unpaired) electrons. The van der Waals surface area contributed by atoms with Crippen LogP contribution in [0.2, 0.25) is 0 Å². The van der Waals surface area contributed by atoms with Crippen LogP contribution in [0, 0.1) is 0 Å². The zero-order valence-corrected chi connectivity index (χ0v) is 7.16. The summed E-state index contributed by atoms with van der Waals surface area (Å²) in [4.78, 5) is 4.08. The zero-order valence-electron chi connectivity index (χ0n) is 7.34. The van der Waals surface area contributed by atoms with Gasteiger partial charge in [-0.1, -0.05) is 6.08 Å². The Bertz CT molecular complexity index is 306. The second-order valence-electron chi connectivity index (χ2n) is 2.39. The van der Waals surface area contributed by atoms with Crippen molar-refractivity contribution in [2.75, 3.05) is 11.6 Å². The van der Waals surface area contributed by atoms with Gasteiger partial charge in [-0.05, 0) is 18.2 Å². The van der Waals surface area contributed by atoms with Crippen molar-refractivity contribution in [3.05, 3.63) is 30.1 Å². The van der Waals surface area contributed by atoms with Gasteiger partial charge >= 0.3 is 1.43 Å². The average Bonchev–Trinajstić information content (AvgIpc) is 2.06. The van der Waals surface area contributed by atoms with Crippen LogP contribution in [0.5, 0.6) is 0 Å². The van der Waals surface area contributed by atoms with Gasteiger partial charge in [0.15, 0.2) is 0 Å². The summed E-state index contributed by atoms with van der Waals surface area (Å²) in [5, 5.41) is 10.5. The molecular weight excluding hydrogens is 176 g/mol. The van der Waals surface area contributed by atoms with E-state index in [9.17, 15) is 5.21 Å². The van der Waals surface area contributed by atoms with Gasteiger partial charge in [-0.15, -0.1) is 12.4 Å². The highest BCUT2D eigenvalue weighted by molar-refractivity contribution is 5.85. The van der Waals surface area contributed by atoms with E-state index in [1.54, 1.807) is 12.3 Å². The minimum atomic E-state index is 0. The summed E-state index contributed by atoms with van der Waals surface area (Å²) in [6, 6.07) is 3.65. The lowest BCUT2D eigenvalue weighted by Crippen LogP contribution is -2.21. The topological polar surface area (TPSA) is 36.4 Å². The van der Waals surface area contributed by atoms with Gasteiger partial charge in [-0.3, -0.25) is 15.3 Å². The van der Waals surface area contributed by atoms with Crippen LogP contribution in [0.4, 0.5) is 5.69 Å². The first-order chi connectivity index (χ1) is 5.38. The van der Waals surface area contributed by atoms with E-state index in [0.29, 0.717) is 6.54 Å². The lowest BCUT2D eigenvalue weighted by Gasteiger charge is -2.19. The maximum atomic E-state index is 9.30. The van der Waals surface area contributed by atoms with Crippen molar-refractivity contribution in [3.63, 3.8) is 0 Å². The second kappa shape index (κ2) is 3.56. The van der Waals surface area contributed by atoms with Crippen LogP contribution < -0.4 is 5.06 Å². The molecule has 1 aliphatic rings. The van der Waals surface area contributed by atoms with Crippen LogP contribution in [-0.2, 0) is 0 Å². The Morgan fingerprint density at radius 1 is 1.58 bits per heavy atom. The Morgan fingerprint density at radius 2 is 2.42 bits per heavy atom. The summed E-state index contributed by atoms with van der Waals surface area (Å²) in [6.45, 7) is 0.540. The van der Waals surface area contributed by atoms with Crippen LogP contribution in [0.3, 0.4) is 0 Å². The normalized spacial score (nSPS) is 13.6. The van der Waals surface area contributed by atoms with Crippen LogP contribution in [0.25, 0.3) is 6.08 Å². The summed E-state index contributed by atoms with van der Waals surface area (Å²) >= 11 is 0. The summed E-state index contributed by atoms with van der Waals surface area (Å²) in [5.41, 5.74) is 1.59. The molecule has 4 heteroatoms. The van der Waals surface area contributed by atoms with E-state index in [2.05, 4.69) is 4.98 Å². The lowest BCUT2D eigenvalue weighted by molar-refractivity contribution is 0.265. The van der Waals surface area contributed by atoms with Gasteiger partial charge in [0.05, 0.1) is 17.9 Å². The van der Waals surface area contributed by atoms with E-state index < -0.39 is 0 Å². The molecule has 64 valence electrons. The molecule has 3 nitrogen and oxygen atoms in total. The van der Waals surface area contributed by atoms with Gasteiger partial charge in [0, 0.05) is 6.20 Å². The predicted octanol–water partition coefficient (Wildman–Crippen LogP) is 1.84. The smallest absolute Gasteiger partial charge is 0.288 e. The maximum absolute atomic E-state index is 9.30. The van der Waals surface area contributed by atoms with Crippen molar-refractivity contribution in [1.82, 2.24) is 4.98 Å². The number of fused-ring (bicyclic) bond motifs is 1. The van der Waals surface area contributed by atoms with E-state index >= 15 is 0 Å². The fourth-order valence-electron chi connectivity index (χ4n) is 1.12. The Morgan fingerprint density at radius 3 is 3.17 bits per heavy atom. The molecule has 0 saturated heterocycles. The van der Waals surface area contributed by atoms with Crippen LogP contribution >= 0.6 is 12.4 Å². The molecule has 1 N–H and O–H groups in total. The molecule has 0 atom stereocenters. The van der Waals surface area contributed by atoms with E-state index in [-0.39, 0.29) is 13.8 Å². The third-order valence-electron chi connectivity index (χ3n) is 1.65. The minimum Gasteiger partial charge on any atom is -0.288 e. The molecule has 12 heavy (non-hydrogen) atoms. The number of nitrogens with zero attached hydrogens (tertiary/aromatic N) is 2. The standard InChI is InChI=1S/C8H8N2O.ClH/c11-10-6-2-3-7-8(10)4-1-5-9-7;/h1-5,11H,6H2;1H/p+1. The van der Waals surface area contributed by atoms with Gasteiger partial charge < -0.3 is 0 Å². The second-order valence-corrected chi connectivity index (χ2v) is 2.39. The van der Waals surface area contributed by atoms with Crippen LogP contribution in [0.1, 0.15) is 7.12 Å². The summed E-state index contributed by atoms with van der Waals surface area (Å²) in [7, 11) is 0. The molecule has 2 rings (SSSR count). The van der Waals surface area contributed by atoms with Crippen molar-refractivity contribution in [2.45, 2.75) is 0 Å². The molecular formula is C8H10ClN2O+. The third-order valence-corrected chi connectivity index (χ3v) is 1.65. The average molecular weight is 186 g/mol. The first-order valence-corrected chi connectivity index (χ1v) is 3.46. The number of hydrogen-bond donors (Lipinski definition) is 1. The van der Waals surface area contributed by atoms with E-state index in [0.717, 1.165) is 11.4 Å². The first-order valence-electron chi connectivity index (χ1n) is 3.46. The number of hydrogen-bond acceptors (Lipinski definition) is 3. The number of pyridine rings is 1. The van der Waals surface area contributed by atoms with Gasteiger partial charge in [-0.2, -0.15) is 0 Å². The van der Waals surface area contributed by atoms with Crippen LogP contribution in [-0.4, -0.2) is 16.7 Å². The lowest BCUT2D eigenvalue weighted by atomic mass is 10.2.